The molecule has 1 saturated heterocycles. The van der Waals surface area contributed by atoms with Crippen LogP contribution >= 0.6 is 23.5 Å². The average Bonchev–Trinajstić information content (AvgIpc) is 2.64. The molecule has 25 heavy (non-hydrogen) atoms. The minimum atomic E-state index is -0.935. The first-order valence-corrected chi connectivity index (χ1v) is 9.73. The van der Waals surface area contributed by atoms with Crippen LogP contribution in [0.3, 0.4) is 0 Å². The summed E-state index contributed by atoms with van der Waals surface area (Å²) < 4.78 is 13.7. The van der Waals surface area contributed by atoms with Crippen molar-refractivity contribution in [2.45, 2.75) is 11.0 Å². The molecule has 0 radical (unpaired) electrons. The molecule has 1 heterocycles. The molecule has 0 aromatic heterocycles. The van der Waals surface area contributed by atoms with Gasteiger partial charge in [0.05, 0.1) is 9.51 Å². The number of carbonyl (C=O) groups is 1. The van der Waals surface area contributed by atoms with E-state index in [2.05, 4.69) is 5.32 Å². The largest absolute Gasteiger partial charge is 0.322 e. The minimum absolute atomic E-state index is 0.181. The van der Waals surface area contributed by atoms with E-state index in [-0.39, 0.29) is 5.69 Å². The van der Waals surface area contributed by atoms with Crippen molar-refractivity contribution in [1.29, 1.82) is 0 Å². The maximum Gasteiger partial charge on any atom is 0.306 e. The van der Waals surface area contributed by atoms with Gasteiger partial charge in [0.1, 0.15) is 0 Å². The Morgan fingerprint density at radius 2 is 1.84 bits per heavy atom. The molecule has 0 unspecified atom stereocenters. The van der Waals surface area contributed by atoms with Crippen LogP contribution in [0.5, 0.6) is 0 Å². The molecule has 1 amide bonds. The topological polar surface area (TPSA) is 72.2 Å². The van der Waals surface area contributed by atoms with Crippen LogP contribution in [0.25, 0.3) is 0 Å². The van der Waals surface area contributed by atoms with Crippen molar-refractivity contribution >= 4 is 40.8 Å². The Morgan fingerprint density at radius 3 is 2.48 bits per heavy atom. The molecule has 0 aliphatic carbocycles. The summed E-state index contributed by atoms with van der Waals surface area (Å²) in [6.07, 6.45) is 1.22. The highest BCUT2D eigenvalue weighted by atomic mass is 32.2. The number of carbonyl (C=O) groups excluding carboxylic acids is 1. The summed E-state index contributed by atoms with van der Waals surface area (Å²) in [7, 11) is 0. The molecular weight excluding hydrogens is 363 g/mol. The molecule has 2 aromatic carbocycles. The Balaban J connectivity index is 1.71. The first-order valence-electron chi connectivity index (χ1n) is 7.63. The van der Waals surface area contributed by atoms with Gasteiger partial charge in [-0.05, 0) is 47.8 Å². The fourth-order valence-electron chi connectivity index (χ4n) is 2.41. The molecule has 0 spiro atoms. The molecule has 0 saturated carbocycles. The second-order valence-corrected chi connectivity index (χ2v) is 8.15. The number of hydrogen-bond donors (Lipinski definition) is 1. The highest BCUT2D eigenvalue weighted by Gasteiger charge is 2.18. The second-order valence-electron chi connectivity index (χ2n) is 5.43. The lowest BCUT2D eigenvalue weighted by atomic mass is 10.1. The number of hydrogen-bond acceptors (Lipinski definition) is 5. The summed E-state index contributed by atoms with van der Waals surface area (Å²) in [5.41, 5.74) is 1.13. The van der Waals surface area contributed by atoms with Crippen molar-refractivity contribution in [2.75, 3.05) is 16.8 Å². The fraction of sp³-hybridized carbons (Fsp3) is 0.235. The number of nitrogens with zero attached hydrogens (tertiary/aromatic N) is 1. The number of anilines is 1. The summed E-state index contributed by atoms with van der Waals surface area (Å²) in [5.74, 6) is 0.957. The number of nitrogens with one attached hydrogen (secondary N) is 1. The molecule has 1 aliphatic rings. The second kappa shape index (κ2) is 7.88. The van der Waals surface area contributed by atoms with Gasteiger partial charge in [-0.1, -0.05) is 12.1 Å². The lowest BCUT2D eigenvalue weighted by Crippen LogP contribution is -2.12. The van der Waals surface area contributed by atoms with Crippen LogP contribution in [0.1, 0.15) is 26.9 Å². The van der Waals surface area contributed by atoms with Gasteiger partial charge in [-0.15, -0.1) is 23.5 Å². The van der Waals surface area contributed by atoms with Crippen LogP contribution in [0.15, 0.2) is 42.5 Å². The summed E-state index contributed by atoms with van der Waals surface area (Å²) in [6, 6.07) is 10.6. The number of benzene rings is 2. The lowest BCUT2D eigenvalue weighted by molar-refractivity contribution is -0.387. The zero-order valence-electron chi connectivity index (χ0n) is 13.1. The summed E-state index contributed by atoms with van der Waals surface area (Å²) in [4.78, 5) is 22.2. The molecule has 0 atom stereocenters. The molecule has 2 aromatic rings. The van der Waals surface area contributed by atoms with Gasteiger partial charge in [-0.25, -0.2) is 0 Å². The predicted molar refractivity (Wildman–Crippen MR) is 99.7 cm³/mol. The van der Waals surface area contributed by atoms with Crippen LogP contribution in [0.2, 0.25) is 0 Å². The SMILES string of the molecule is O=C(Nc1ccc(F)c([N+](=O)[O-])c1)c1ccc(C2SCCCS2)cc1. The zero-order chi connectivity index (χ0) is 17.8. The van der Waals surface area contributed by atoms with Crippen LogP contribution < -0.4 is 5.32 Å². The third-order valence-electron chi connectivity index (χ3n) is 3.67. The minimum Gasteiger partial charge on any atom is -0.322 e. The van der Waals surface area contributed by atoms with E-state index in [0.29, 0.717) is 10.1 Å². The molecule has 0 bridgehead atoms. The zero-order valence-corrected chi connectivity index (χ0v) is 14.7. The Labute approximate surface area is 152 Å². The van der Waals surface area contributed by atoms with E-state index in [0.717, 1.165) is 23.6 Å². The number of rotatable bonds is 4. The van der Waals surface area contributed by atoms with E-state index in [1.54, 1.807) is 12.1 Å². The quantitative estimate of drug-likeness (QED) is 0.608. The van der Waals surface area contributed by atoms with Crippen LogP contribution in [0, 0.1) is 15.9 Å². The fourth-order valence-corrected chi connectivity index (χ4v) is 5.30. The normalized spacial score (nSPS) is 14.9. The molecule has 130 valence electrons. The number of thioether (sulfide) groups is 2. The van der Waals surface area contributed by atoms with Gasteiger partial charge in [0.15, 0.2) is 0 Å². The van der Waals surface area contributed by atoms with E-state index in [1.165, 1.54) is 18.1 Å². The first kappa shape index (κ1) is 17.8. The number of nitro benzene ring substituents is 1. The van der Waals surface area contributed by atoms with Crippen molar-refractivity contribution in [3.05, 3.63) is 69.5 Å². The third-order valence-corrected chi connectivity index (χ3v) is 6.69. The maximum atomic E-state index is 13.3. The maximum absolute atomic E-state index is 13.3. The molecule has 1 aliphatic heterocycles. The average molecular weight is 378 g/mol. The Hall–Kier alpha value is -2.06. The summed E-state index contributed by atoms with van der Waals surface area (Å²) >= 11 is 3.80. The van der Waals surface area contributed by atoms with E-state index in [1.807, 2.05) is 35.7 Å². The summed E-state index contributed by atoms with van der Waals surface area (Å²) in [6.45, 7) is 0. The third kappa shape index (κ3) is 4.32. The smallest absolute Gasteiger partial charge is 0.306 e. The number of halogens is 1. The molecule has 5 nitrogen and oxygen atoms in total. The Bertz CT molecular complexity index is 793. The van der Waals surface area contributed by atoms with Gasteiger partial charge >= 0.3 is 5.69 Å². The van der Waals surface area contributed by atoms with E-state index >= 15 is 0 Å². The standard InChI is InChI=1S/C17H15FN2O3S2/c18-14-7-6-13(10-15(14)20(22)23)19-16(21)11-2-4-12(5-3-11)17-24-8-1-9-25-17/h2-7,10,17H,1,8-9H2,(H,19,21). The van der Waals surface area contributed by atoms with Crippen LogP contribution in [-0.2, 0) is 0 Å². The van der Waals surface area contributed by atoms with Crippen molar-refractivity contribution in [2.24, 2.45) is 0 Å². The van der Waals surface area contributed by atoms with Gasteiger partial charge in [-0.3, -0.25) is 14.9 Å². The Morgan fingerprint density at radius 1 is 1.16 bits per heavy atom. The molecule has 1 fully saturated rings. The van der Waals surface area contributed by atoms with Gasteiger partial charge in [0.2, 0.25) is 5.82 Å². The summed E-state index contributed by atoms with van der Waals surface area (Å²) in [5, 5.41) is 13.3. The van der Waals surface area contributed by atoms with Gasteiger partial charge < -0.3 is 5.32 Å². The molecular formula is C17H15FN2O3S2. The van der Waals surface area contributed by atoms with E-state index in [9.17, 15) is 19.3 Å². The van der Waals surface area contributed by atoms with E-state index < -0.39 is 22.3 Å². The number of nitro groups is 1. The number of amides is 1. The van der Waals surface area contributed by atoms with Gasteiger partial charge in [0, 0.05) is 17.3 Å². The van der Waals surface area contributed by atoms with Crippen LogP contribution in [0.4, 0.5) is 15.8 Å². The first-order chi connectivity index (χ1) is 12.0. The molecule has 8 heteroatoms. The van der Waals surface area contributed by atoms with Gasteiger partial charge in [-0.2, -0.15) is 4.39 Å². The Kier molecular flexibility index (Phi) is 5.60. The van der Waals surface area contributed by atoms with Crippen LogP contribution in [-0.4, -0.2) is 22.3 Å². The van der Waals surface area contributed by atoms with Gasteiger partial charge in [0.25, 0.3) is 5.91 Å². The molecule has 1 N–H and O–H groups in total. The highest BCUT2D eigenvalue weighted by molar-refractivity contribution is 8.16. The van der Waals surface area contributed by atoms with Crippen molar-refractivity contribution in [3.63, 3.8) is 0 Å². The lowest BCUT2D eigenvalue weighted by Gasteiger charge is -2.21. The van der Waals surface area contributed by atoms with Crippen molar-refractivity contribution < 1.29 is 14.1 Å². The van der Waals surface area contributed by atoms with Crippen molar-refractivity contribution in [1.82, 2.24) is 0 Å². The predicted octanol–water partition coefficient (Wildman–Crippen LogP) is 4.85. The van der Waals surface area contributed by atoms with E-state index in [4.69, 9.17) is 0 Å². The molecule has 3 rings (SSSR count). The monoisotopic (exact) mass is 378 g/mol. The van der Waals surface area contributed by atoms with Crippen molar-refractivity contribution in [3.8, 4) is 0 Å². The highest BCUT2D eigenvalue weighted by Crippen LogP contribution is 2.43.